The van der Waals surface area contributed by atoms with Gasteiger partial charge in [-0.25, -0.2) is 4.98 Å². The second-order valence-electron chi connectivity index (χ2n) is 6.57. The number of nitrogens with zero attached hydrogens (tertiary/aromatic N) is 1. The summed E-state index contributed by atoms with van der Waals surface area (Å²) in [5, 5.41) is 0. The minimum atomic E-state index is -0.620. The number of hydrogen-bond acceptors (Lipinski definition) is 7. The van der Waals surface area contributed by atoms with E-state index in [0.717, 1.165) is 40.9 Å². The molecule has 140 valence electrons. The monoisotopic (exact) mass is 393 g/mol. The van der Waals surface area contributed by atoms with Gasteiger partial charge >= 0.3 is 0 Å². The Kier molecular flexibility index (Phi) is 5.36. The molecule has 0 atom stereocenters. The van der Waals surface area contributed by atoms with Crippen molar-refractivity contribution in [1.29, 1.82) is 0 Å². The summed E-state index contributed by atoms with van der Waals surface area (Å²) in [5.41, 5.74) is 0.796. The van der Waals surface area contributed by atoms with E-state index < -0.39 is 5.79 Å². The van der Waals surface area contributed by atoms with Crippen LogP contribution in [0.3, 0.4) is 0 Å². The van der Waals surface area contributed by atoms with Crippen molar-refractivity contribution in [2.75, 3.05) is 33.5 Å². The Bertz CT molecular complexity index is 734. The predicted molar refractivity (Wildman–Crippen MR) is 101 cm³/mol. The fraction of sp³-hybridized carbons (Fsp3) is 0.526. The van der Waals surface area contributed by atoms with E-state index in [2.05, 4.69) is 29.2 Å². The Labute approximate surface area is 162 Å². The van der Waals surface area contributed by atoms with Crippen molar-refractivity contribution in [3.05, 3.63) is 40.9 Å². The minimum Gasteiger partial charge on any atom is -0.381 e. The van der Waals surface area contributed by atoms with Crippen LogP contribution in [0.1, 0.15) is 30.2 Å². The molecule has 0 amide bonds. The largest absolute Gasteiger partial charge is 0.381 e. The summed E-state index contributed by atoms with van der Waals surface area (Å²) in [6.45, 7) is 4.72. The van der Waals surface area contributed by atoms with Gasteiger partial charge in [0.25, 0.3) is 0 Å². The van der Waals surface area contributed by atoms with E-state index >= 15 is 0 Å². The Morgan fingerprint density at radius 3 is 2.42 bits per heavy atom. The minimum absolute atomic E-state index is 0.246. The van der Waals surface area contributed by atoms with Crippen molar-refractivity contribution >= 4 is 23.1 Å². The average molecular weight is 394 g/mol. The van der Waals surface area contributed by atoms with Gasteiger partial charge in [-0.15, -0.1) is 11.3 Å². The number of hydrogen-bond donors (Lipinski definition) is 0. The van der Waals surface area contributed by atoms with Crippen LogP contribution in [0.25, 0.3) is 0 Å². The molecule has 0 N–H and O–H groups in total. The first-order valence-corrected chi connectivity index (χ1v) is 10.4. The van der Waals surface area contributed by atoms with Crippen molar-refractivity contribution < 1.29 is 18.9 Å². The zero-order valence-electron chi connectivity index (χ0n) is 15.0. The van der Waals surface area contributed by atoms with Gasteiger partial charge in [-0.05, 0) is 19.1 Å². The quantitative estimate of drug-likeness (QED) is 0.760. The molecule has 1 aromatic heterocycles. The Hall–Kier alpha value is -0.960. The molecule has 7 heteroatoms. The molecule has 2 aliphatic rings. The molecule has 0 spiro atoms. The van der Waals surface area contributed by atoms with Crippen molar-refractivity contribution in [3.8, 4) is 0 Å². The second kappa shape index (κ2) is 7.58. The molecule has 0 saturated carbocycles. The third kappa shape index (κ3) is 3.56. The molecule has 0 bridgehead atoms. The van der Waals surface area contributed by atoms with Crippen LogP contribution >= 0.6 is 23.1 Å². The summed E-state index contributed by atoms with van der Waals surface area (Å²) in [5.74, 6) is -0.620. The molecule has 2 aromatic rings. The number of ether oxygens (including phenoxy) is 4. The third-order valence-electron chi connectivity index (χ3n) is 5.05. The van der Waals surface area contributed by atoms with E-state index in [9.17, 15) is 0 Å². The summed E-state index contributed by atoms with van der Waals surface area (Å²) in [6, 6.07) is 8.32. The Balaban J connectivity index is 1.47. The third-order valence-corrected chi connectivity index (χ3v) is 7.31. The van der Waals surface area contributed by atoms with Gasteiger partial charge in [-0.2, -0.15) is 0 Å². The van der Waals surface area contributed by atoms with Crippen LogP contribution in [0, 0.1) is 0 Å². The molecule has 2 aliphatic heterocycles. The highest BCUT2D eigenvalue weighted by Gasteiger charge is 2.36. The molecular weight excluding hydrogens is 370 g/mol. The summed E-state index contributed by atoms with van der Waals surface area (Å²) in [7, 11) is 1.78. The zero-order valence-corrected chi connectivity index (χ0v) is 16.7. The zero-order chi connectivity index (χ0) is 18.0. The molecule has 3 heterocycles. The SMILES string of the molecule is COC1(c2cnc(Sc3ccc(C4(C)OCCO4)cc3)s2)CCOCC1. The topological polar surface area (TPSA) is 49.8 Å². The van der Waals surface area contributed by atoms with E-state index in [1.807, 2.05) is 13.1 Å². The molecule has 0 radical (unpaired) electrons. The molecule has 0 unspecified atom stereocenters. The standard InChI is InChI=1S/C19H23NO4S2/c1-18(23-11-12-24-18)14-3-5-15(6-4-14)25-17-20-13-16(26-17)19(21-2)7-9-22-10-8-19/h3-6,13H,7-12H2,1-2H3. The summed E-state index contributed by atoms with van der Waals surface area (Å²) in [4.78, 5) is 6.94. The van der Waals surface area contributed by atoms with E-state index in [4.69, 9.17) is 18.9 Å². The van der Waals surface area contributed by atoms with E-state index in [1.54, 1.807) is 30.2 Å². The number of methoxy groups -OCH3 is 1. The van der Waals surface area contributed by atoms with Gasteiger partial charge in [0.05, 0.1) is 18.1 Å². The molecule has 5 nitrogen and oxygen atoms in total. The summed E-state index contributed by atoms with van der Waals surface area (Å²) in [6.07, 6.45) is 3.71. The van der Waals surface area contributed by atoms with Crippen molar-refractivity contribution in [2.24, 2.45) is 0 Å². The lowest BCUT2D eigenvalue weighted by Gasteiger charge is -2.34. The van der Waals surface area contributed by atoms with Crippen LogP contribution in [0.4, 0.5) is 0 Å². The van der Waals surface area contributed by atoms with Crippen LogP contribution in [-0.4, -0.2) is 38.5 Å². The maximum absolute atomic E-state index is 5.87. The van der Waals surface area contributed by atoms with Gasteiger partial charge in [-0.1, -0.05) is 23.9 Å². The summed E-state index contributed by atoms with van der Waals surface area (Å²) >= 11 is 3.38. The van der Waals surface area contributed by atoms with Crippen molar-refractivity contribution in [3.63, 3.8) is 0 Å². The smallest absolute Gasteiger partial charge is 0.192 e. The molecule has 4 rings (SSSR count). The normalized spacial score (nSPS) is 21.8. The van der Waals surface area contributed by atoms with E-state index in [-0.39, 0.29) is 5.60 Å². The average Bonchev–Trinajstić information content (AvgIpc) is 3.33. The van der Waals surface area contributed by atoms with Gasteiger partial charge in [0.1, 0.15) is 5.60 Å². The highest BCUT2D eigenvalue weighted by Crippen LogP contribution is 2.42. The van der Waals surface area contributed by atoms with Gasteiger partial charge < -0.3 is 18.9 Å². The number of aromatic nitrogens is 1. The highest BCUT2D eigenvalue weighted by molar-refractivity contribution is 8.01. The van der Waals surface area contributed by atoms with Crippen LogP contribution in [0.5, 0.6) is 0 Å². The number of thiazole rings is 1. The van der Waals surface area contributed by atoms with Gasteiger partial charge in [0.15, 0.2) is 10.1 Å². The number of benzene rings is 1. The molecule has 1 aromatic carbocycles. The molecule has 0 aliphatic carbocycles. The van der Waals surface area contributed by atoms with Gasteiger partial charge in [0.2, 0.25) is 0 Å². The summed E-state index contributed by atoms with van der Waals surface area (Å²) < 4.78 is 23.8. The van der Waals surface area contributed by atoms with E-state index in [1.165, 1.54) is 4.88 Å². The van der Waals surface area contributed by atoms with Crippen LogP contribution in [0.2, 0.25) is 0 Å². The molecule has 2 fully saturated rings. The van der Waals surface area contributed by atoms with Crippen molar-refractivity contribution in [1.82, 2.24) is 4.98 Å². The van der Waals surface area contributed by atoms with Gasteiger partial charge in [0, 0.05) is 49.8 Å². The van der Waals surface area contributed by atoms with Crippen LogP contribution in [-0.2, 0) is 30.3 Å². The first-order chi connectivity index (χ1) is 12.6. The predicted octanol–water partition coefficient (Wildman–Crippen LogP) is 4.17. The lowest BCUT2D eigenvalue weighted by atomic mass is 9.93. The Morgan fingerprint density at radius 1 is 1.08 bits per heavy atom. The second-order valence-corrected chi connectivity index (χ2v) is 8.92. The fourth-order valence-corrected chi connectivity index (χ4v) is 5.55. The van der Waals surface area contributed by atoms with Crippen molar-refractivity contribution in [2.45, 2.75) is 40.4 Å². The molecule has 26 heavy (non-hydrogen) atoms. The fourth-order valence-electron chi connectivity index (χ4n) is 3.38. The van der Waals surface area contributed by atoms with E-state index in [0.29, 0.717) is 13.2 Å². The molecule has 2 saturated heterocycles. The Morgan fingerprint density at radius 2 is 1.77 bits per heavy atom. The molecular formula is C19H23NO4S2. The first-order valence-electron chi connectivity index (χ1n) is 8.79. The lowest BCUT2D eigenvalue weighted by molar-refractivity contribution is -0.149. The lowest BCUT2D eigenvalue weighted by Crippen LogP contribution is -2.34. The van der Waals surface area contributed by atoms with Crippen LogP contribution < -0.4 is 0 Å². The maximum atomic E-state index is 5.87. The van der Waals surface area contributed by atoms with Gasteiger partial charge in [-0.3, -0.25) is 0 Å². The maximum Gasteiger partial charge on any atom is 0.192 e. The van der Waals surface area contributed by atoms with Crippen LogP contribution in [0.15, 0.2) is 39.7 Å². The number of rotatable bonds is 5. The highest BCUT2D eigenvalue weighted by atomic mass is 32.2. The first kappa shape index (κ1) is 18.4.